The van der Waals surface area contributed by atoms with Crippen molar-refractivity contribution in [1.82, 2.24) is 30.1 Å². The third-order valence-electron chi connectivity index (χ3n) is 6.26. The Morgan fingerprint density at radius 3 is 2.63 bits per heavy atom. The van der Waals surface area contributed by atoms with Crippen molar-refractivity contribution in [3.05, 3.63) is 52.7 Å². The summed E-state index contributed by atoms with van der Waals surface area (Å²) in [5.41, 5.74) is 1.39. The predicted octanol–water partition coefficient (Wildman–Crippen LogP) is 2.99. The van der Waals surface area contributed by atoms with E-state index in [2.05, 4.69) is 25.2 Å². The molecular formula is C25H28N6O5S2. The minimum absolute atomic E-state index is 0.177. The molecular weight excluding hydrogens is 528 g/mol. The lowest BCUT2D eigenvalue weighted by Crippen LogP contribution is -2.42. The number of aryl methyl sites for hydroxylation is 1. The van der Waals surface area contributed by atoms with Gasteiger partial charge in [-0.05, 0) is 30.9 Å². The zero-order chi connectivity index (χ0) is 27.4. The Labute approximate surface area is 227 Å². The number of ketones is 1. The molecule has 0 bridgehead atoms. The van der Waals surface area contributed by atoms with Crippen LogP contribution in [0, 0.1) is 12.3 Å². The van der Waals surface area contributed by atoms with E-state index in [-0.39, 0.29) is 18.5 Å². The molecule has 1 aromatic carbocycles. The lowest BCUT2D eigenvalue weighted by atomic mass is 9.90. The van der Waals surface area contributed by atoms with E-state index in [0.717, 1.165) is 16.1 Å². The van der Waals surface area contributed by atoms with E-state index in [1.54, 1.807) is 17.2 Å². The molecule has 0 saturated carbocycles. The molecule has 38 heavy (non-hydrogen) atoms. The highest BCUT2D eigenvalue weighted by atomic mass is 32.1. The normalized spacial score (nSPS) is 17.1. The number of nitrogens with zero attached hydrogens (tertiary/aromatic N) is 4. The number of carbonyl (C=O) groups excluding carboxylic acids is 4. The Hall–Kier alpha value is -3.71. The molecule has 11 nitrogen and oxygen atoms in total. The summed E-state index contributed by atoms with van der Waals surface area (Å²) in [6, 6.07) is 8.86. The summed E-state index contributed by atoms with van der Waals surface area (Å²) in [6.45, 7) is 7.41. The molecule has 0 radical (unpaired) electrons. The number of likely N-dealkylation sites (tertiary alicyclic amines) is 1. The molecule has 200 valence electrons. The predicted molar refractivity (Wildman–Crippen MR) is 142 cm³/mol. The Morgan fingerprint density at radius 1 is 1.21 bits per heavy atom. The van der Waals surface area contributed by atoms with Crippen LogP contribution in [-0.2, 0) is 14.3 Å². The van der Waals surface area contributed by atoms with Crippen molar-refractivity contribution in [3.63, 3.8) is 0 Å². The van der Waals surface area contributed by atoms with Crippen molar-refractivity contribution in [2.24, 2.45) is 5.41 Å². The topological polar surface area (TPSA) is 143 Å². The van der Waals surface area contributed by atoms with E-state index in [1.165, 1.54) is 22.9 Å². The number of thiazole rings is 1. The second-order valence-electron chi connectivity index (χ2n) is 9.68. The van der Waals surface area contributed by atoms with Gasteiger partial charge in [-0.2, -0.15) is 0 Å². The Kier molecular flexibility index (Phi) is 8.17. The van der Waals surface area contributed by atoms with Crippen LogP contribution in [0.15, 0.2) is 35.7 Å². The molecule has 0 spiro atoms. The first-order valence-electron chi connectivity index (χ1n) is 11.9. The van der Waals surface area contributed by atoms with Crippen LogP contribution in [0.5, 0.6) is 0 Å². The first-order valence-corrected chi connectivity index (χ1v) is 13.6. The number of amides is 3. The highest BCUT2D eigenvalue weighted by molar-refractivity contribution is 7.18. The largest absolute Gasteiger partial charge is 0.444 e. The summed E-state index contributed by atoms with van der Waals surface area (Å²) in [6.07, 6.45) is -1.45. The molecule has 1 aliphatic rings. The third kappa shape index (κ3) is 6.22. The average molecular weight is 557 g/mol. The van der Waals surface area contributed by atoms with Gasteiger partial charge in [0.25, 0.3) is 11.8 Å². The minimum Gasteiger partial charge on any atom is -0.444 e. The van der Waals surface area contributed by atoms with Crippen LogP contribution in [0.25, 0.3) is 9.88 Å². The number of ether oxygens (including phenoxy) is 1. The number of Topliss-reactive ketones (excluding diaryl/α,β-unsaturated/α-hetero) is 1. The lowest BCUT2D eigenvalue weighted by molar-refractivity contribution is -0.137. The number of benzene rings is 1. The molecule has 1 fully saturated rings. The number of rotatable bonds is 8. The smallest absolute Gasteiger partial charge is 0.407 e. The molecule has 3 aromatic rings. The number of carbonyl (C=O) groups is 4. The van der Waals surface area contributed by atoms with Gasteiger partial charge in [-0.15, -0.1) is 16.4 Å². The monoisotopic (exact) mass is 556 g/mol. The zero-order valence-corrected chi connectivity index (χ0v) is 23.0. The number of hydrogen-bond donors (Lipinski definition) is 2. The van der Waals surface area contributed by atoms with Gasteiger partial charge in [-0.3, -0.25) is 14.4 Å². The maximum atomic E-state index is 13.1. The fourth-order valence-electron chi connectivity index (χ4n) is 4.03. The van der Waals surface area contributed by atoms with E-state index in [4.69, 9.17) is 4.74 Å². The summed E-state index contributed by atoms with van der Waals surface area (Å²) in [5, 5.41) is 11.3. The van der Waals surface area contributed by atoms with Crippen molar-refractivity contribution in [2.75, 3.05) is 19.6 Å². The van der Waals surface area contributed by atoms with Crippen molar-refractivity contribution in [1.29, 1.82) is 0 Å². The fourth-order valence-corrected chi connectivity index (χ4v) is 5.61. The third-order valence-corrected chi connectivity index (χ3v) is 8.08. The second-order valence-corrected chi connectivity index (χ2v) is 11.3. The van der Waals surface area contributed by atoms with Gasteiger partial charge in [0.2, 0.25) is 5.78 Å². The fraction of sp³-hybridized carbons (Fsp3) is 0.400. The summed E-state index contributed by atoms with van der Waals surface area (Å²) >= 11 is 2.57. The van der Waals surface area contributed by atoms with Gasteiger partial charge < -0.3 is 20.3 Å². The zero-order valence-electron chi connectivity index (χ0n) is 21.4. The Balaban J connectivity index is 1.28. The summed E-state index contributed by atoms with van der Waals surface area (Å²) in [4.78, 5) is 56.9. The lowest BCUT2D eigenvalue weighted by Gasteiger charge is -2.24. The van der Waals surface area contributed by atoms with Crippen molar-refractivity contribution in [2.45, 2.75) is 39.8 Å². The standard InChI is InChI=1S/C25H28N6O5S2/c1-14(16-8-6-5-7-9-16)27-21(33)18(32)10-26-24(35)36-19-11-31(13-25(19,3)4)23(34)17-12-37-22(28-17)20-15(2)29-30-38-20/h5-9,12,14,19H,10-11,13H2,1-4H3,(H,26,35)(H,27,33)/t14-,19?/m1/s1. The van der Waals surface area contributed by atoms with Gasteiger partial charge in [-0.1, -0.05) is 48.7 Å². The van der Waals surface area contributed by atoms with Crippen LogP contribution >= 0.6 is 22.9 Å². The highest BCUT2D eigenvalue weighted by Gasteiger charge is 2.44. The molecule has 1 aliphatic heterocycles. The van der Waals surface area contributed by atoms with E-state index in [9.17, 15) is 19.2 Å². The molecule has 1 unspecified atom stereocenters. The van der Waals surface area contributed by atoms with E-state index < -0.39 is 35.8 Å². The Bertz CT molecular complexity index is 1340. The van der Waals surface area contributed by atoms with Crippen molar-refractivity contribution < 1.29 is 23.9 Å². The number of hydrogen-bond acceptors (Lipinski definition) is 10. The average Bonchev–Trinajstić information content (AvgIpc) is 3.61. The SMILES string of the molecule is Cc1nnsc1-c1nc(C(=O)N2CC(OC(=O)NCC(=O)C(=O)N[C@H](C)c3ccccc3)C(C)(C)C2)cs1. The molecule has 3 heterocycles. The maximum absolute atomic E-state index is 13.1. The summed E-state index contributed by atoms with van der Waals surface area (Å²) < 4.78 is 9.45. The summed E-state index contributed by atoms with van der Waals surface area (Å²) in [7, 11) is 0. The minimum atomic E-state index is -0.834. The molecule has 1 saturated heterocycles. The summed E-state index contributed by atoms with van der Waals surface area (Å²) in [5.74, 6) is -1.86. The first kappa shape index (κ1) is 27.3. The van der Waals surface area contributed by atoms with Gasteiger partial charge >= 0.3 is 6.09 Å². The van der Waals surface area contributed by atoms with Gasteiger partial charge in [0.05, 0.1) is 24.8 Å². The molecule has 0 aliphatic carbocycles. The first-order chi connectivity index (χ1) is 18.0. The van der Waals surface area contributed by atoms with Crippen LogP contribution in [0.4, 0.5) is 4.79 Å². The van der Waals surface area contributed by atoms with Gasteiger partial charge in [-0.25, -0.2) is 9.78 Å². The van der Waals surface area contributed by atoms with Crippen LogP contribution in [-0.4, -0.2) is 68.9 Å². The molecule has 4 rings (SSSR count). The van der Waals surface area contributed by atoms with E-state index in [1.807, 2.05) is 51.1 Å². The number of alkyl carbamates (subject to hydrolysis) is 1. The molecule has 13 heteroatoms. The van der Waals surface area contributed by atoms with Crippen LogP contribution < -0.4 is 10.6 Å². The molecule has 2 atom stereocenters. The van der Waals surface area contributed by atoms with Crippen LogP contribution in [0.3, 0.4) is 0 Å². The van der Waals surface area contributed by atoms with Crippen LogP contribution in [0.2, 0.25) is 0 Å². The van der Waals surface area contributed by atoms with Gasteiger partial charge in [0.1, 0.15) is 21.7 Å². The quantitative estimate of drug-likeness (QED) is 0.403. The molecule has 2 aromatic heterocycles. The van der Waals surface area contributed by atoms with Crippen molar-refractivity contribution >= 4 is 46.6 Å². The molecule has 2 N–H and O–H groups in total. The number of aromatic nitrogens is 3. The van der Waals surface area contributed by atoms with Crippen molar-refractivity contribution in [3.8, 4) is 9.88 Å². The Morgan fingerprint density at radius 2 is 1.95 bits per heavy atom. The van der Waals surface area contributed by atoms with Gasteiger partial charge in [0.15, 0.2) is 0 Å². The van der Waals surface area contributed by atoms with Gasteiger partial charge in [0, 0.05) is 17.3 Å². The van der Waals surface area contributed by atoms with Crippen LogP contribution in [0.1, 0.15) is 48.6 Å². The second kappa shape index (κ2) is 11.4. The molecule has 3 amide bonds. The van der Waals surface area contributed by atoms with E-state index in [0.29, 0.717) is 17.2 Å². The number of nitrogens with one attached hydrogen (secondary N) is 2. The maximum Gasteiger partial charge on any atom is 0.407 e. The highest BCUT2D eigenvalue weighted by Crippen LogP contribution is 2.34. The van der Waals surface area contributed by atoms with E-state index >= 15 is 0 Å².